The van der Waals surface area contributed by atoms with E-state index < -0.39 is 0 Å². The van der Waals surface area contributed by atoms with Gasteiger partial charge in [0.2, 0.25) is 0 Å². The SMILES string of the molecule is CC1CC1.CCc1cc(C(=O)N2CCC3(CC2)COc2ccc(CN)cc23)ccc1C. The molecular weight excluding hydrogens is 384 g/mol. The first kappa shape index (κ1) is 21.9. The number of likely N-dealkylation sites (tertiary alicyclic amines) is 1. The summed E-state index contributed by atoms with van der Waals surface area (Å²) < 4.78 is 5.97. The molecule has 0 radical (unpaired) electrons. The van der Waals surface area contributed by atoms with E-state index in [1.807, 2.05) is 23.1 Å². The third kappa shape index (κ3) is 4.64. The number of aryl methyl sites for hydroxylation is 2. The quantitative estimate of drug-likeness (QED) is 0.760. The van der Waals surface area contributed by atoms with Gasteiger partial charge in [0.05, 0.1) is 6.61 Å². The molecule has 2 N–H and O–H groups in total. The van der Waals surface area contributed by atoms with E-state index in [1.54, 1.807) is 0 Å². The number of hydrogen-bond donors (Lipinski definition) is 1. The molecule has 1 amide bonds. The van der Waals surface area contributed by atoms with E-state index in [4.69, 9.17) is 10.5 Å². The predicted molar refractivity (Wildman–Crippen MR) is 126 cm³/mol. The molecule has 5 rings (SSSR count). The minimum Gasteiger partial charge on any atom is -0.492 e. The van der Waals surface area contributed by atoms with Crippen molar-refractivity contribution in [3.05, 3.63) is 64.2 Å². The zero-order valence-electron chi connectivity index (χ0n) is 19.2. The normalized spacial score (nSPS) is 18.8. The van der Waals surface area contributed by atoms with Crippen molar-refractivity contribution in [2.24, 2.45) is 11.7 Å². The van der Waals surface area contributed by atoms with Gasteiger partial charge in [0, 0.05) is 36.2 Å². The summed E-state index contributed by atoms with van der Waals surface area (Å²) in [6, 6.07) is 12.4. The minimum absolute atomic E-state index is 0.0269. The summed E-state index contributed by atoms with van der Waals surface area (Å²) in [5.74, 6) is 2.22. The third-order valence-electron chi connectivity index (χ3n) is 7.21. The molecule has 2 aromatic carbocycles. The molecule has 2 aromatic rings. The molecular formula is C27H36N2O2. The van der Waals surface area contributed by atoms with Crippen LogP contribution in [0, 0.1) is 12.8 Å². The van der Waals surface area contributed by atoms with Gasteiger partial charge in [-0.3, -0.25) is 4.79 Å². The second-order valence-corrected chi connectivity index (χ2v) is 9.57. The Kier molecular flexibility index (Phi) is 6.38. The highest BCUT2D eigenvalue weighted by atomic mass is 16.5. The van der Waals surface area contributed by atoms with Crippen LogP contribution in [0.15, 0.2) is 36.4 Å². The second kappa shape index (κ2) is 9.04. The molecule has 1 spiro atoms. The van der Waals surface area contributed by atoms with Crippen molar-refractivity contribution in [1.29, 1.82) is 0 Å². The van der Waals surface area contributed by atoms with Crippen molar-refractivity contribution in [3.63, 3.8) is 0 Å². The summed E-state index contributed by atoms with van der Waals surface area (Å²) in [7, 11) is 0. The van der Waals surface area contributed by atoms with Crippen LogP contribution in [0.4, 0.5) is 0 Å². The van der Waals surface area contributed by atoms with Crippen molar-refractivity contribution >= 4 is 5.91 Å². The Bertz CT molecular complexity index is 940. The fourth-order valence-corrected chi connectivity index (χ4v) is 4.62. The largest absolute Gasteiger partial charge is 0.492 e. The van der Waals surface area contributed by atoms with Gasteiger partial charge in [-0.25, -0.2) is 0 Å². The van der Waals surface area contributed by atoms with Gasteiger partial charge in [0.25, 0.3) is 5.91 Å². The topological polar surface area (TPSA) is 55.6 Å². The average Bonchev–Trinajstić information content (AvgIpc) is 3.52. The van der Waals surface area contributed by atoms with Crippen LogP contribution in [0.5, 0.6) is 5.75 Å². The summed E-state index contributed by atoms with van der Waals surface area (Å²) in [6.45, 7) is 9.30. The lowest BCUT2D eigenvalue weighted by Gasteiger charge is -2.38. The van der Waals surface area contributed by atoms with Gasteiger partial charge in [-0.2, -0.15) is 0 Å². The Morgan fingerprint density at radius 2 is 1.87 bits per heavy atom. The number of nitrogens with two attached hydrogens (primary N) is 1. The number of piperidine rings is 1. The molecule has 2 fully saturated rings. The van der Waals surface area contributed by atoms with Crippen LogP contribution in [0.2, 0.25) is 0 Å². The first-order valence-electron chi connectivity index (χ1n) is 11.8. The maximum atomic E-state index is 13.0. The second-order valence-electron chi connectivity index (χ2n) is 9.57. The van der Waals surface area contributed by atoms with Crippen LogP contribution in [0.3, 0.4) is 0 Å². The van der Waals surface area contributed by atoms with Gasteiger partial charge in [0.1, 0.15) is 5.75 Å². The average molecular weight is 421 g/mol. The monoisotopic (exact) mass is 420 g/mol. The van der Waals surface area contributed by atoms with Crippen molar-refractivity contribution in [2.45, 2.75) is 64.8 Å². The van der Waals surface area contributed by atoms with E-state index in [2.05, 4.69) is 39.0 Å². The fourth-order valence-electron chi connectivity index (χ4n) is 4.62. The zero-order valence-corrected chi connectivity index (χ0v) is 19.2. The molecule has 4 nitrogen and oxygen atoms in total. The lowest BCUT2D eigenvalue weighted by molar-refractivity contribution is 0.0646. The highest BCUT2D eigenvalue weighted by Gasteiger charge is 2.43. The summed E-state index contributed by atoms with van der Waals surface area (Å²) >= 11 is 0. The van der Waals surface area contributed by atoms with Gasteiger partial charge >= 0.3 is 0 Å². The molecule has 2 heterocycles. The number of ether oxygens (including phenoxy) is 1. The minimum atomic E-state index is 0.0269. The number of carbonyl (C=O) groups is 1. The molecule has 0 bridgehead atoms. The molecule has 0 aromatic heterocycles. The molecule has 166 valence electrons. The van der Waals surface area contributed by atoms with E-state index in [0.717, 1.165) is 55.1 Å². The van der Waals surface area contributed by atoms with Crippen LogP contribution in [-0.2, 0) is 18.4 Å². The predicted octanol–water partition coefficient (Wildman–Crippen LogP) is 5.00. The van der Waals surface area contributed by atoms with E-state index in [0.29, 0.717) is 13.2 Å². The van der Waals surface area contributed by atoms with Gasteiger partial charge in [-0.05, 0) is 67.0 Å². The summed E-state index contributed by atoms with van der Waals surface area (Å²) in [6.07, 6.45) is 5.80. The number of carbonyl (C=O) groups excluding carboxylic acids is 1. The summed E-state index contributed by atoms with van der Waals surface area (Å²) in [5.41, 5.74) is 11.6. The number of rotatable bonds is 3. The van der Waals surface area contributed by atoms with Crippen LogP contribution in [0.1, 0.15) is 72.1 Å². The molecule has 1 aliphatic carbocycles. The summed E-state index contributed by atoms with van der Waals surface area (Å²) in [4.78, 5) is 15.0. The number of benzene rings is 2. The summed E-state index contributed by atoms with van der Waals surface area (Å²) in [5, 5.41) is 0. The Morgan fingerprint density at radius 3 is 2.48 bits per heavy atom. The van der Waals surface area contributed by atoms with Gasteiger partial charge in [-0.15, -0.1) is 0 Å². The van der Waals surface area contributed by atoms with Crippen molar-refractivity contribution in [3.8, 4) is 5.75 Å². The zero-order chi connectivity index (χ0) is 22.0. The maximum absolute atomic E-state index is 13.0. The molecule has 31 heavy (non-hydrogen) atoms. The fraction of sp³-hybridized carbons (Fsp3) is 0.519. The van der Waals surface area contributed by atoms with E-state index in [1.165, 1.54) is 29.5 Å². The molecule has 2 aliphatic heterocycles. The maximum Gasteiger partial charge on any atom is 0.253 e. The van der Waals surface area contributed by atoms with E-state index in [-0.39, 0.29) is 11.3 Å². The highest BCUT2D eigenvalue weighted by Crippen LogP contribution is 2.46. The van der Waals surface area contributed by atoms with E-state index >= 15 is 0 Å². The molecule has 0 unspecified atom stereocenters. The Morgan fingerprint density at radius 1 is 1.16 bits per heavy atom. The van der Waals surface area contributed by atoms with Crippen LogP contribution >= 0.6 is 0 Å². The van der Waals surface area contributed by atoms with Crippen molar-refractivity contribution in [1.82, 2.24) is 4.90 Å². The van der Waals surface area contributed by atoms with Gasteiger partial charge < -0.3 is 15.4 Å². The lowest BCUT2D eigenvalue weighted by atomic mass is 9.74. The first-order chi connectivity index (χ1) is 15.0. The number of amides is 1. The Balaban J connectivity index is 0.000000520. The Labute approximate surface area is 186 Å². The molecule has 4 heteroatoms. The van der Waals surface area contributed by atoms with Gasteiger partial charge in [-0.1, -0.05) is 44.9 Å². The first-order valence-corrected chi connectivity index (χ1v) is 11.8. The van der Waals surface area contributed by atoms with Crippen molar-refractivity contribution < 1.29 is 9.53 Å². The van der Waals surface area contributed by atoms with E-state index in [9.17, 15) is 4.79 Å². The van der Waals surface area contributed by atoms with Crippen LogP contribution in [0.25, 0.3) is 0 Å². The molecule has 3 aliphatic rings. The molecule has 1 saturated carbocycles. The molecule has 1 saturated heterocycles. The molecule has 0 atom stereocenters. The number of hydrogen-bond acceptors (Lipinski definition) is 3. The lowest BCUT2D eigenvalue weighted by Crippen LogP contribution is -2.46. The highest BCUT2D eigenvalue weighted by molar-refractivity contribution is 5.94. The van der Waals surface area contributed by atoms with Gasteiger partial charge in [0.15, 0.2) is 0 Å². The standard InChI is InChI=1S/C23H28N2O2.C4H8/c1-3-18-13-19(6-4-16(18)2)22(26)25-10-8-23(9-11-25)15-27-21-7-5-17(14-24)12-20(21)23;1-4-2-3-4/h4-7,12-13H,3,8-11,14-15,24H2,1-2H3;4H,2-3H2,1H3. The van der Waals surface area contributed by atoms with Crippen molar-refractivity contribution in [2.75, 3.05) is 19.7 Å². The number of fused-ring (bicyclic) bond motifs is 2. The van der Waals surface area contributed by atoms with Crippen LogP contribution in [-0.4, -0.2) is 30.5 Å². The number of nitrogens with zero attached hydrogens (tertiary/aromatic N) is 1. The van der Waals surface area contributed by atoms with Crippen LogP contribution < -0.4 is 10.5 Å². The Hall–Kier alpha value is -2.33. The third-order valence-corrected chi connectivity index (χ3v) is 7.21. The smallest absolute Gasteiger partial charge is 0.253 e.